The number of ether oxygens (including phenoxy) is 1. The lowest BCUT2D eigenvalue weighted by Gasteiger charge is -2.23. The standard InChI is InChI=1S/C15H22ClNO3S/c1-3-13-6-5-9-17(13)21(18,19)14-7-8-15(20-4-2)12(10-14)11-16/h7-8,10,13H,3-6,9,11H2,1-2H3. The van der Waals surface area contributed by atoms with Gasteiger partial charge in [-0.1, -0.05) is 6.92 Å². The van der Waals surface area contributed by atoms with Crippen molar-refractivity contribution in [2.75, 3.05) is 13.2 Å². The van der Waals surface area contributed by atoms with Crippen molar-refractivity contribution >= 4 is 21.6 Å². The van der Waals surface area contributed by atoms with Gasteiger partial charge in [-0.2, -0.15) is 4.31 Å². The van der Waals surface area contributed by atoms with Crippen LogP contribution in [0.2, 0.25) is 0 Å². The van der Waals surface area contributed by atoms with E-state index >= 15 is 0 Å². The van der Waals surface area contributed by atoms with Gasteiger partial charge in [-0.3, -0.25) is 0 Å². The first-order chi connectivity index (χ1) is 10.0. The number of rotatable bonds is 6. The molecule has 1 aliphatic heterocycles. The number of sulfonamides is 1. The van der Waals surface area contributed by atoms with Crippen LogP contribution in [0.25, 0.3) is 0 Å². The molecule has 21 heavy (non-hydrogen) atoms. The van der Waals surface area contributed by atoms with Gasteiger partial charge in [0.05, 0.1) is 17.4 Å². The van der Waals surface area contributed by atoms with Gasteiger partial charge >= 0.3 is 0 Å². The zero-order valence-electron chi connectivity index (χ0n) is 12.5. The molecule has 1 fully saturated rings. The highest BCUT2D eigenvalue weighted by Gasteiger charge is 2.34. The molecule has 1 unspecified atom stereocenters. The number of hydrogen-bond donors (Lipinski definition) is 0. The van der Waals surface area contributed by atoms with Gasteiger partial charge in [-0.05, 0) is 44.4 Å². The van der Waals surface area contributed by atoms with Crippen LogP contribution >= 0.6 is 11.6 Å². The lowest BCUT2D eigenvalue weighted by Crippen LogP contribution is -2.35. The van der Waals surface area contributed by atoms with Crippen molar-refractivity contribution in [2.45, 2.75) is 49.9 Å². The Morgan fingerprint density at radius 1 is 1.38 bits per heavy atom. The minimum atomic E-state index is -3.45. The van der Waals surface area contributed by atoms with Gasteiger partial charge in [0, 0.05) is 18.2 Å². The van der Waals surface area contributed by atoms with Crippen LogP contribution < -0.4 is 4.74 Å². The molecule has 0 radical (unpaired) electrons. The maximum absolute atomic E-state index is 12.8. The molecule has 0 N–H and O–H groups in total. The maximum Gasteiger partial charge on any atom is 0.243 e. The molecular formula is C15H22ClNO3S. The largest absolute Gasteiger partial charge is 0.494 e. The third kappa shape index (κ3) is 3.35. The summed E-state index contributed by atoms with van der Waals surface area (Å²) in [5.74, 6) is 0.885. The number of benzene rings is 1. The summed E-state index contributed by atoms with van der Waals surface area (Å²) in [6.07, 6.45) is 2.71. The SMILES string of the molecule is CCOc1ccc(S(=O)(=O)N2CCCC2CC)cc1CCl. The van der Waals surface area contributed by atoms with Gasteiger partial charge < -0.3 is 4.74 Å². The van der Waals surface area contributed by atoms with E-state index in [4.69, 9.17) is 16.3 Å². The van der Waals surface area contributed by atoms with Crippen molar-refractivity contribution in [3.8, 4) is 5.75 Å². The average molecular weight is 332 g/mol. The summed E-state index contributed by atoms with van der Waals surface area (Å²) in [6, 6.07) is 5.06. The molecule has 1 aromatic carbocycles. The second-order valence-electron chi connectivity index (χ2n) is 5.16. The van der Waals surface area contributed by atoms with Crippen LogP contribution in [-0.4, -0.2) is 31.9 Å². The molecule has 1 saturated heterocycles. The van der Waals surface area contributed by atoms with Gasteiger partial charge in [0.2, 0.25) is 10.0 Å². The van der Waals surface area contributed by atoms with Crippen LogP contribution in [0, 0.1) is 0 Å². The molecule has 0 bridgehead atoms. The third-order valence-electron chi connectivity index (χ3n) is 3.88. The number of nitrogens with zero attached hydrogens (tertiary/aromatic N) is 1. The summed E-state index contributed by atoms with van der Waals surface area (Å²) in [4.78, 5) is 0.307. The van der Waals surface area contributed by atoms with Crippen molar-refractivity contribution < 1.29 is 13.2 Å². The summed E-state index contributed by atoms with van der Waals surface area (Å²) in [6.45, 7) is 5.05. The molecule has 1 aliphatic rings. The second kappa shape index (κ2) is 6.99. The van der Waals surface area contributed by atoms with Gasteiger partial charge in [-0.25, -0.2) is 8.42 Å². The molecule has 0 aromatic heterocycles. The third-order valence-corrected chi connectivity index (χ3v) is 6.11. The predicted octanol–water partition coefficient (Wildman–Crippen LogP) is 3.39. The second-order valence-corrected chi connectivity index (χ2v) is 7.31. The average Bonchev–Trinajstić information content (AvgIpc) is 2.97. The molecule has 0 amide bonds. The fraction of sp³-hybridized carbons (Fsp3) is 0.600. The van der Waals surface area contributed by atoms with Crippen molar-refractivity contribution in [3.63, 3.8) is 0 Å². The molecule has 0 spiro atoms. The highest BCUT2D eigenvalue weighted by molar-refractivity contribution is 7.89. The molecule has 118 valence electrons. The van der Waals surface area contributed by atoms with E-state index in [-0.39, 0.29) is 11.9 Å². The summed E-state index contributed by atoms with van der Waals surface area (Å²) >= 11 is 5.92. The van der Waals surface area contributed by atoms with E-state index in [2.05, 4.69) is 0 Å². The van der Waals surface area contributed by atoms with E-state index in [0.717, 1.165) is 19.3 Å². The fourth-order valence-electron chi connectivity index (χ4n) is 2.79. The quantitative estimate of drug-likeness (QED) is 0.751. The van der Waals surface area contributed by atoms with Crippen LogP contribution in [0.5, 0.6) is 5.75 Å². The van der Waals surface area contributed by atoms with E-state index < -0.39 is 10.0 Å². The summed E-state index contributed by atoms with van der Waals surface area (Å²) in [5.41, 5.74) is 0.715. The monoisotopic (exact) mass is 331 g/mol. The molecule has 4 nitrogen and oxygen atoms in total. The lowest BCUT2D eigenvalue weighted by atomic mass is 10.2. The van der Waals surface area contributed by atoms with Gasteiger partial charge in [-0.15, -0.1) is 11.6 Å². The molecular weight excluding hydrogens is 310 g/mol. The Bertz CT molecular complexity index is 589. The van der Waals surface area contributed by atoms with Crippen molar-refractivity contribution in [2.24, 2.45) is 0 Å². The van der Waals surface area contributed by atoms with Crippen molar-refractivity contribution in [1.29, 1.82) is 0 Å². The number of halogens is 1. The van der Waals surface area contributed by atoms with Crippen LogP contribution in [0.15, 0.2) is 23.1 Å². The molecule has 0 aliphatic carbocycles. The van der Waals surface area contributed by atoms with E-state index in [1.165, 1.54) is 0 Å². The highest BCUT2D eigenvalue weighted by Crippen LogP contribution is 2.30. The lowest BCUT2D eigenvalue weighted by molar-refractivity contribution is 0.337. The Morgan fingerprint density at radius 2 is 2.14 bits per heavy atom. The van der Waals surface area contributed by atoms with E-state index in [0.29, 0.717) is 29.4 Å². The van der Waals surface area contributed by atoms with Crippen LogP contribution in [-0.2, 0) is 15.9 Å². The van der Waals surface area contributed by atoms with Gasteiger partial charge in [0.1, 0.15) is 5.75 Å². The molecule has 2 rings (SSSR count). The van der Waals surface area contributed by atoms with Crippen LogP contribution in [0.1, 0.15) is 38.7 Å². The minimum Gasteiger partial charge on any atom is -0.494 e. The first-order valence-corrected chi connectivity index (χ1v) is 9.35. The van der Waals surface area contributed by atoms with E-state index in [1.807, 2.05) is 13.8 Å². The first-order valence-electron chi connectivity index (χ1n) is 7.38. The Hall–Kier alpha value is -0.780. The molecule has 1 heterocycles. The van der Waals surface area contributed by atoms with Crippen LogP contribution in [0.4, 0.5) is 0 Å². The Kier molecular flexibility index (Phi) is 5.52. The van der Waals surface area contributed by atoms with E-state index in [1.54, 1.807) is 22.5 Å². The maximum atomic E-state index is 12.8. The Morgan fingerprint density at radius 3 is 2.76 bits per heavy atom. The zero-order valence-corrected chi connectivity index (χ0v) is 14.1. The Labute approximate surface area is 132 Å². The fourth-order valence-corrected chi connectivity index (χ4v) is 4.81. The molecule has 0 saturated carbocycles. The topological polar surface area (TPSA) is 46.6 Å². The molecule has 1 aromatic rings. The highest BCUT2D eigenvalue weighted by atomic mass is 35.5. The number of hydrogen-bond acceptors (Lipinski definition) is 3. The van der Waals surface area contributed by atoms with Crippen LogP contribution in [0.3, 0.4) is 0 Å². The van der Waals surface area contributed by atoms with Gasteiger partial charge in [0.25, 0.3) is 0 Å². The predicted molar refractivity (Wildman–Crippen MR) is 84.4 cm³/mol. The zero-order chi connectivity index (χ0) is 15.5. The summed E-state index contributed by atoms with van der Waals surface area (Å²) < 4.78 is 32.7. The molecule has 6 heteroatoms. The van der Waals surface area contributed by atoms with E-state index in [9.17, 15) is 8.42 Å². The minimum absolute atomic E-state index is 0.112. The van der Waals surface area contributed by atoms with Crippen molar-refractivity contribution in [1.82, 2.24) is 4.31 Å². The summed E-state index contributed by atoms with van der Waals surface area (Å²) in [5, 5.41) is 0. The summed E-state index contributed by atoms with van der Waals surface area (Å²) in [7, 11) is -3.45. The Balaban J connectivity index is 2.36. The number of alkyl halides is 1. The molecule has 1 atom stereocenters. The normalized spacial score (nSPS) is 19.9. The first kappa shape index (κ1) is 16.6. The smallest absolute Gasteiger partial charge is 0.243 e. The van der Waals surface area contributed by atoms with Crippen molar-refractivity contribution in [3.05, 3.63) is 23.8 Å². The van der Waals surface area contributed by atoms with Gasteiger partial charge in [0.15, 0.2) is 0 Å².